The van der Waals surface area contributed by atoms with Gasteiger partial charge < -0.3 is 10.6 Å². The summed E-state index contributed by atoms with van der Waals surface area (Å²) >= 11 is 1.28. The Hall–Kier alpha value is -2.28. The molecule has 2 amide bonds. The SMILES string of the molecule is O=C(CCCc1nnc(C(=O)Nc2ccccc2)s1)NC1CCCCC1. The molecule has 0 spiro atoms. The topological polar surface area (TPSA) is 84.0 Å². The van der Waals surface area contributed by atoms with Gasteiger partial charge in [0.1, 0.15) is 5.01 Å². The van der Waals surface area contributed by atoms with Crippen molar-refractivity contribution in [3.63, 3.8) is 0 Å². The van der Waals surface area contributed by atoms with Crippen molar-refractivity contribution in [2.45, 2.75) is 57.4 Å². The summed E-state index contributed by atoms with van der Waals surface area (Å²) in [6.07, 6.45) is 7.77. The largest absolute Gasteiger partial charge is 0.353 e. The van der Waals surface area contributed by atoms with Crippen molar-refractivity contribution in [2.24, 2.45) is 0 Å². The quantitative estimate of drug-likeness (QED) is 0.778. The van der Waals surface area contributed by atoms with Gasteiger partial charge in [0, 0.05) is 24.6 Å². The zero-order chi connectivity index (χ0) is 18.2. The summed E-state index contributed by atoms with van der Waals surface area (Å²) in [4.78, 5) is 24.2. The summed E-state index contributed by atoms with van der Waals surface area (Å²) < 4.78 is 0. The van der Waals surface area contributed by atoms with Gasteiger partial charge in [-0.3, -0.25) is 9.59 Å². The van der Waals surface area contributed by atoms with Crippen LogP contribution < -0.4 is 10.6 Å². The molecule has 1 aliphatic carbocycles. The molecular weight excluding hydrogens is 348 g/mol. The summed E-state index contributed by atoms with van der Waals surface area (Å²) in [7, 11) is 0. The fourth-order valence-corrected chi connectivity index (χ4v) is 3.88. The first-order chi connectivity index (χ1) is 12.7. The van der Waals surface area contributed by atoms with Crippen molar-refractivity contribution in [3.8, 4) is 0 Å². The van der Waals surface area contributed by atoms with E-state index in [4.69, 9.17) is 0 Å². The van der Waals surface area contributed by atoms with Gasteiger partial charge in [0.25, 0.3) is 5.91 Å². The van der Waals surface area contributed by atoms with Crippen LogP contribution in [0.15, 0.2) is 30.3 Å². The molecule has 0 unspecified atom stereocenters. The molecule has 7 heteroatoms. The molecule has 1 aliphatic rings. The summed E-state index contributed by atoms with van der Waals surface area (Å²) in [6, 6.07) is 9.61. The van der Waals surface area contributed by atoms with E-state index < -0.39 is 0 Å². The van der Waals surface area contributed by atoms with E-state index in [2.05, 4.69) is 20.8 Å². The molecule has 138 valence electrons. The number of hydrogen-bond acceptors (Lipinski definition) is 5. The minimum Gasteiger partial charge on any atom is -0.353 e. The predicted octanol–water partition coefficient (Wildman–Crippen LogP) is 3.56. The van der Waals surface area contributed by atoms with Gasteiger partial charge in [-0.1, -0.05) is 48.8 Å². The number of amides is 2. The number of carbonyl (C=O) groups is 2. The normalized spacial score (nSPS) is 14.8. The van der Waals surface area contributed by atoms with E-state index in [1.165, 1.54) is 30.6 Å². The lowest BCUT2D eigenvalue weighted by Gasteiger charge is -2.22. The fraction of sp³-hybridized carbons (Fsp3) is 0.474. The summed E-state index contributed by atoms with van der Waals surface area (Å²) in [5.41, 5.74) is 0.730. The number of anilines is 1. The van der Waals surface area contributed by atoms with E-state index in [0.29, 0.717) is 30.3 Å². The first-order valence-corrected chi connectivity index (χ1v) is 10.0. The molecule has 3 rings (SSSR count). The minimum atomic E-state index is -0.255. The summed E-state index contributed by atoms with van der Waals surface area (Å²) in [5.74, 6) is -0.140. The number of carbonyl (C=O) groups excluding carboxylic acids is 2. The highest BCUT2D eigenvalue weighted by atomic mass is 32.1. The lowest BCUT2D eigenvalue weighted by Crippen LogP contribution is -2.36. The lowest BCUT2D eigenvalue weighted by atomic mass is 9.95. The second-order valence-electron chi connectivity index (χ2n) is 6.58. The van der Waals surface area contributed by atoms with Gasteiger partial charge in [-0.05, 0) is 31.4 Å². The molecule has 0 bridgehead atoms. The zero-order valence-electron chi connectivity index (χ0n) is 14.7. The van der Waals surface area contributed by atoms with Crippen LogP contribution in [0.2, 0.25) is 0 Å². The predicted molar refractivity (Wildman–Crippen MR) is 102 cm³/mol. The Morgan fingerprint density at radius 2 is 1.85 bits per heavy atom. The van der Waals surface area contributed by atoms with Crippen LogP contribution >= 0.6 is 11.3 Å². The van der Waals surface area contributed by atoms with Gasteiger partial charge in [0.2, 0.25) is 10.9 Å². The second kappa shape index (κ2) is 9.43. The van der Waals surface area contributed by atoms with E-state index in [-0.39, 0.29) is 11.8 Å². The molecule has 6 nitrogen and oxygen atoms in total. The van der Waals surface area contributed by atoms with Gasteiger partial charge in [-0.25, -0.2) is 0 Å². The first kappa shape index (κ1) is 18.5. The van der Waals surface area contributed by atoms with E-state index >= 15 is 0 Å². The zero-order valence-corrected chi connectivity index (χ0v) is 15.6. The Balaban J connectivity index is 1.40. The number of para-hydroxylation sites is 1. The molecule has 0 saturated heterocycles. The van der Waals surface area contributed by atoms with Gasteiger partial charge in [0.05, 0.1) is 0 Å². The third kappa shape index (κ3) is 5.62. The molecule has 0 atom stereocenters. The molecule has 2 N–H and O–H groups in total. The molecule has 1 aromatic carbocycles. The number of hydrogen-bond donors (Lipinski definition) is 2. The Bertz CT molecular complexity index is 726. The van der Waals surface area contributed by atoms with Gasteiger partial charge in [-0.2, -0.15) is 0 Å². The Morgan fingerprint density at radius 3 is 2.62 bits per heavy atom. The van der Waals surface area contributed by atoms with E-state index in [9.17, 15) is 9.59 Å². The monoisotopic (exact) mass is 372 g/mol. The van der Waals surface area contributed by atoms with Crippen LogP contribution in [0.1, 0.15) is 59.8 Å². The van der Waals surface area contributed by atoms with Crippen LogP contribution in [0.3, 0.4) is 0 Å². The Kier molecular flexibility index (Phi) is 6.71. The van der Waals surface area contributed by atoms with Gasteiger partial charge in [-0.15, -0.1) is 10.2 Å². The molecule has 0 aliphatic heterocycles. The maximum Gasteiger partial charge on any atom is 0.286 e. The Labute approximate surface area is 157 Å². The van der Waals surface area contributed by atoms with Crippen LogP contribution in [0.4, 0.5) is 5.69 Å². The number of benzene rings is 1. The van der Waals surface area contributed by atoms with Crippen LogP contribution in [-0.4, -0.2) is 28.1 Å². The highest BCUT2D eigenvalue weighted by molar-refractivity contribution is 7.13. The number of rotatable bonds is 7. The molecule has 1 fully saturated rings. The maximum absolute atomic E-state index is 12.2. The van der Waals surface area contributed by atoms with Crippen molar-refractivity contribution in [3.05, 3.63) is 40.3 Å². The van der Waals surface area contributed by atoms with Gasteiger partial charge in [0.15, 0.2) is 0 Å². The van der Waals surface area contributed by atoms with Crippen molar-refractivity contribution < 1.29 is 9.59 Å². The van der Waals surface area contributed by atoms with Crippen molar-refractivity contribution in [2.75, 3.05) is 5.32 Å². The Morgan fingerprint density at radius 1 is 1.08 bits per heavy atom. The molecule has 26 heavy (non-hydrogen) atoms. The number of nitrogens with zero attached hydrogens (tertiary/aromatic N) is 2. The summed E-state index contributed by atoms with van der Waals surface area (Å²) in [6.45, 7) is 0. The molecule has 1 saturated carbocycles. The smallest absolute Gasteiger partial charge is 0.286 e. The molecule has 2 aromatic rings. The summed E-state index contributed by atoms with van der Waals surface area (Å²) in [5, 5.41) is 15.1. The van der Waals surface area contributed by atoms with Crippen molar-refractivity contribution in [1.29, 1.82) is 0 Å². The maximum atomic E-state index is 12.2. The van der Waals surface area contributed by atoms with Crippen LogP contribution in [0.25, 0.3) is 0 Å². The third-order valence-electron chi connectivity index (χ3n) is 4.46. The molecule has 1 heterocycles. The van der Waals surface area contributed by atoms with E-state index in [1.807, 2.05) is 30.3 Å². The highest BCUT2D eigenvalue weighted by Crippen LogP contribution is 2.18. The second-order valence-corrected chi connectivity index (χ2v) is 7.64. The molecule has 0 radical (unpaired) electrons. The standard InChI is InChI=1S/C19H24N4O2S/c24-16(20-14-8-3-1-4-9-14)12-7-13-17-22-23-19(26-17)18(25)21-15-10-5-2-6-11-15/h2,5-6,10-11,14H,1,3-4,7-9,12-13H2,(H,20,24)(H,21,25). The number of aryl methyl sites for hydroxylation is 1. The third-order valence-corrected chi connectivity index (χ3v) is 5.44. The minimum absolute atomic E-state index is 0.114. The highest BCUT2D eigenvalue weighted by Gasteiger charge is 2.16. The van der Waals surface area contributed by atoms with Crippen LogP contribution in [0.5, 0.6) is 0 Å². The van der Waals surface area contributed by atoms with E-state index in [1.54, 1.807) is 0 Å². The molecule has 1 aromatic heterocycles. The van der Waals surface area contributed by atoms with Crippen molar-refractivity contribution in [1.82, 2.24) is 15.5 Å². The van der Waals surface area contributed by atoms with E-state index in [0.717, 1.165) is 23.5 Å². The number of nitrogens with one attached hydrogen (secondary N) is 2. The number of aromatic nitrogens is 2. The van der Waals surface area contributed by atoms with Crippen molar-refractivity contribution >= 4 is 28.8 Å². The first-order valence-electron chi connectivity index (χ1n) is 9.19. The fourth-order valence-electron chi connectivity index (χ4n) is 3.10. The van der Waals surface area contributed by atoms with Crippen LogP contribution in [-0.2, 0) is 11.2 Å². The average molecular weight is 372 g/mol. The van der Waals surface area contributed by atoms with Crippen LogP contribution in [0, 0.1) is 0 Å². The van der Waals surface area contributed by atoms with Gasteiger partial charge >= 0.3 is 0 Å². The average Bonchev–Trinajstić information content (AvgIpc) is 3.12. The lowest BCUT2D eigenvalue weighted by molar-refractivity contribution is -0.122. The molecular formula is C19H24N4O2S.